The average Bonchev–Trinajstić information content (AvgIpc) is 3.49. The quantitative estimate of drug-likeness (QED) is 0.204. The van der Waals surface area contributed by atoms with E-state index in [2.05, 4.69) is 34.7 Å². The number of nitriles is 1. The summed E-state index contributed by atoms with van der Waals surface area (Å²) in [5.74, 6) is 0.290. The van der Waals surface area contributed by atoms with Crippen molar-refractivity contribution in [2.75, 3.05) is 58.2 Å². The van der Waals surface area contributed by atoms with Crippen LogP contribution in [0.5, 0.6) is 11.5 Å². The number of carbonyl (C=O) groups is 1. The maximum atomic E-state index is 14.1. The van der Waals surface area contributed by atoms with E-state index >= 15 is 0 Å². The second kappa shape index (κ2) is 13.6. The van der Waals surface area contributed by atoms with Gasteiger partial charge < -0.3 is 20.1 Å². The Balaban J connectivity index is 1.09. The molecule has 12 heteroatoms. The highest BCUT2D eigenvalue weighted by atomic mass is 19.1. The second-order valence-electron chi connectivity index (χ2n) is 13.5. The number of carbonyl (C=O) groups excluding carboxylic acids is 1. The van der Waals surface area contributed by atoms with Crippen molar-refractivity contribution < 1.29 is 18.7 Å². The number of ether oxygens (including phenoxy) is 2. The Morgan fingerprint density at radius 2 is 1.82 bits per heavy atom. The smallest absolute Gasteiger partial charge is 0.264 e. The fourth-order valence-corrected chi connectivity index (χ4v) is 7.12. The van der Waals surface area contributed by atoms with E-state index in [-0.39, 0.29) is 23.3 Å². The van der Waals surface area contributed by atoms with Gasteiger partial charge in [-0.15, -0.1) is 0 Å². The van der Waals surface area contributed by atoms with Crippen LogP contribution in [0.25, 0.3) is 22.2 Å². The van der Waals surface area contributed by atoms with E-state index < -0.39 is 11.4 Å². The number of nitrogen functional groups attached to an aromatic ring is 1. The molecule has 1 atom stereocenters. The van der Waals surface area contributed by atoms with Crippen LogP contribution >= 0.6 is 0 Å². The Morgan fingerprint density at radius 1 is 1.06 bits per heavy atom. The molecule has 254 valence electrons. The van der Waals surface area contributed by atoms with E-state index in [1.807, 2.05) is 29.0 Å². The molecular formula is C37H41FN8O3. The Bertz CT molecular complexity index is 1900. The molecule has 2 N–H and O–H groups in total. The molecule has 49 heavy (non-hydrogen) atoms. The zero-order valence-corrected chi connectivity index (χ0v) is 27.9. The lowest BCUT2D eigenvalue weighted by Crippen LogP contribution is -2.59. The number of benzene rings is 2. The first-order chi connectivity index (χ1) is 23.7. The van der Waals surface area contributed by atoms with E-state index in [4.69, 9.17) is 20.3 Å². The minimum absolute atomic E-state index is 0.129. The number of piperazine rings is 1. The Labute approximate surface area is 285 Å². The molecule has 3 aliphatic heterocycles. The maximum Gasteiger partial charge on any atom is 0.264 e. The van der Waals surface area contributed by atoms with E-state index in [1.165, 1.54) is 6.07 Å². The third-order valence-electron chi connectivity index (χ3n) is 9.99. The summed E-state index contributed by atoms with van der Waals surface area (Å²) in [7, 11) is 0. The lowest BCUT2D eigenvalue weighted by atomic mass is 9.96. The monoisotopic (exact) mass is 664 g/mol. The van der Waals surface area contributed by atoms with E-state index in [9.17, 15) is 14.4 Å². The van der Waals surface area contributed by atoms with E-state index in [1.54, 1.807) is 41.4 Å². The molecule has 0 radical (unpaired) electrons. The molecule has 0 aliphatic carbocycles. The number of hydrogen-bond donors (Lipinski definition) is 1. The summed E-state index contributed by atoms with van der Waals surface area (Å²) < 4.78 is 27.2. The van der Waals surface area contributed by atoms with Gasteiger partial charge in [0.15, 0.2) is 11.6 Å². The van der Waals surface area contributed by atoms with Gasteiger partial charge >= 0.3 is 0 Å². The van der Waals surface area contributed by atoms with Crippen LogP contribution in [0, 0.1) is 17.1 Å². The molecule has 0 bridgehead atoms. The van der Waals surface area contributed by atoms with Crippen molar-refractivity contribution >= 4 is 22.6 Å². The number of rotatable bonds is 8. The summed E-state index contributed by atoms with van der Waals surface area (Å²) in [5, 5.41) is 15.9. The predicted octanol–water partition coefficient (Wildman–Crippen LogP) is 5.02. The van der Waals surface area contributed by atoms with Gasteiger partial charge in [-0.05, 0) is 75.2 Å². The van der Waals surface area contributed by atoms with Crippen LogP contribution in [-0.2, 0) is 9.53 Å². The molecule has 4 aromatic rings. The number of hydrogen-bond acceptors (Lipinski definition) is 9. The van der Waals surface area contributed by atoms with Crippen molar-refractivity contribution in [2.24, 2.45) is 0 Å². The molecule has 3 fully saturated rings. The third-order valence-corrected chi connectivity index (χ3v) is 9.99. The van der Waals surface area contributed by atoms with Crippen LogP contribution in [0.4, 0.5) is 10.2 Å². The average molecular weight is 665 g/mol. The van der Waals surface area contributed by atoms with Crippen molar-refractivity contribution in [1.82, 2.24) is 29.5 Å². The minimum atomic E-state index is -0.453. The molecule has 2 aromatic heterocycles. The van der Waals surface area contributed by atoms with Crippen molar-refractivity contribution in [2.45, 2.75) is 44.3 Å². The fraction of sp³-hybridized carbons (Fsp3) is 0.405. The maximum absolute atomic E-state index is 14.1. The topological polar surface area (TPSA) is 126 Å². The predicted molar refractivity (Wildman–Crippen MR) is 184 cm³/mol. The van der Waals surface area contributed by atoms with Gasteiger partial charge in [0.1, 0.15) is 28.9 Å². The summed E-state index contributed by atoms with van der Waals surface area (Å²) in [5.41, 5.74) is 8.41. The van der Waals surface area contributed by atoms with Crippen molar-refractivity contribution in [3.8, 4) is 28.8 Å². The summed E-state index contributed by atoms with van der Waals surface area (Å²) in [6.45, 7) is 10.4. The number of nitrogens with two attached hydrogens (primary N) is 1. The first-order valence-corrected chi connectivity index (χ1v) is 16.9. The van der Waals surface area contributed by atoms with Crippen LogP contribution in [-0.4, -0.2) is 99.4 Å². The van der Waals surface area contributed by atoms with Gasteiger partial charge in [0.2, 0.25) is 0 Å². The van der Waals surface area contributed by atoms with Crippen LogP contribution < -0.4 is 10.5 Å². The van der Waals surface area contributed by atoms with Gasteiger partial charge in [-0.2, -0.15) is 10.4 Å². The normalized spacial score (nSPS) is 19.8. The molecule has 5 heterocycles. The van der Waals surface area contributed by atoms with Gasteiger partial charge in [-0.3, -0.25) is 19.3 Å². The first kappa shape index (κ1) is 32.7. The molecular weight excluding hydrogens is 623 g/mol. The number of nitrogens with zero attached hydrogens (tertiary/aromatic N) is 7. The molecule has 2 aromatic carbocycles. The van der Waals surface area contributed by atoms with Gasteiger partial charge in [0.05, 0.1) is 36.2 Å². The summed E-state index contributed by atoms with van der Waals surface area (Å²) in [6, 6.07) is 18.0. The molecule has 0 unspecified atom stereocenters. The number of amides is 1. The van der Waals surface area contributed by atoms with Crippen LogP contribution in [0.2, 0.25) is 0 Å². The summed E-state index contributed by atoms with van der Waals surface area (Å²) >= 11 is 0. The summed E-state index contributed by atoms with van der Waals surface area (Å²) in [6.07, 6.45) is 5.08. The molecule has 0 spiro atoms. The van der Waals surface area contributed by atoms with Crippen LogP contribution in [0.1, 0.15) is 32.7 Å². The van der Waals surface area contributed by atoms with E-state index in [0.717, 1.165) is 68.7 Å². The standard InChI is InChI=1S/C37H41FN8O3/c1-37(2,45-18-16-43(17-19-45)28-23-48-24-28)20-26(21-39)36(47)44-15-5-6-27(22-44)46-31-13-14-41-35(40)33(31)34(42-46)25-9-11-29(12-10-25)49-32-8-4-3-7-30(32)38/h3-4,7-14,20,27-28H,5-6,15-19,22-24H2,1-2H3,(H2,40,41)/b26-20+/t27-/m1/s1. The molecule has 7 rings (SSSR count). The first-order valence-electron chi connectivity index (χ1n) is 16.9. The fourth-order valence-electron chi connectivity index (χ4n) is 7.12. The van der Waals surface area contributed by atoms with Gasteiger partial charge in [-0.25, -0.2) is 9.37 Å². The number of para-hydroxylation sites is 1. The number of aromatic nitrogens is 3. The molecule has 1 amide bonds. The van der Waals surface area contributed by atoms with Crippen molar-refractivity contribution in [3.63, 3.8) is 0 Å². The lowest BCUT2D eigenvalue weighted by Gasteiger charge is -2.46. The molecule has 11 nitrogen and oxygen atoms in total. The van der Waals surface area contributed by atoms with Crippen LogP contribution in [0.3, 0.4) is 0 Å². The molecule has 0 saturated carbocycles. The number of halogens is 1. The van der Waals surface area contributed by atoms with Crippen molar-refractivity contribution in [1.29, 1.82) is 5.26 Å². The highest BCUT2D eigenvalue weighted by molar-refractivity contribution is 6.00. The van der Waals surface area contributed by atoms with E-state index in [0.29, 0.717) is 36.4 Å². The Kier molecular flexibility index (Phi) is 9.07. The second-order valence-corrected chi connectivity index (χ2v) is 13.5. The molecule has 3 saturated heterocycles. The minimum Gasteiger partial charge on any atom is -0.454 e. The largest absolute Gasteiger partial charge is 0.454 e. The van der Waals surface area contributed by atoms with Gasteiger partial charge in [0, 0.05) is 56.6 Å². The van der Waals surface area contributed by atoms with Crippen molar-refractivity contribution in [3.05, 3.63) is 78.3 Å². The number of fused-ring (bicyclic) bond motifs is 1. The third kappa shape index (κ3) is 6.62. The highest BCUT2D eigenvalue weighted by Gasteiger charge is 2.35. The Morgan fingerprint density at radius 3 is 2.51 bits per heavy atom. The van der Waals surface area contributed by atoms with Gasteiger partial charge in [-0.1, -0.05) is 12.1 Å². The Hall–Kier alpha value is -4.83. The number of likely N-dealkylation sites (tertiary alicyclic amines) is 1. The molecule has 3 aliphatic rings. The number of piperidine rings is 1. The number of pyridine rings is 1. The summed E-state index contributed by atoms with van der Waals surface area (Å²) in [4.78, 5) is 24.8. The van der Waals surface area contributed by atoms with Crippen LogP contribution in [0.15, 0.2) is 72.4 Å². The lowest BCUT2D eigenvalue weighted by molar-refractivity contribution is -0.128. The number of anilines is 1. The van der Waals surface area contributed by atoms with Gasteiger partial charge in [0.25, 0.3) is 5.91 Å². The zero-order valence-electron chi connectivity index (χ0n) is 27.9. The SMILES string of the molecule is CC(C)(/C=C(\C#N)C(=O)N1CCC[C@@H](n2nc(-c3ccc(Oc4ccccc4F)cc3)c3c(N)nccc32)C1)N1CCN(C2COC2)CC1. The highest BCUT2D eigenvalue weighted by Crippen LogP contribution is 2.36. The zero-order chi connectivity index (χ0) is 34.1.